The van der Waals surface area contributed by atoms with Gasteiger partial charge in [0.2, 0.25) is 0 Å². The summed E-state index contributed by atoms with van der Waals surface area (Å²) in [5.74, 6) is 1.54. The molecule has 2 aromatic heterocycles. The van der Waals surface area contributed by atoms with Crippen LogP contribution in [0.25, 0.3) is 22.4 Å². The van der Waals surface area contributed by atoms with Crippen molar-refractivity contribution in [2.24, 2.45) is 0 Å². The molecule has 0 bridgehead atoms. The molecule has 0 saturated heterocycles. The van der Waals surface area contributed by atoms with Gasteiger partial charge in [0.05, 0.1) is 26.0 Å². The smallest absolute Gasteiger partial charge is 0.165 e. The molecule has 0 aliphatic carbocycles. The molecule has 2 N–H and O–H groups in total. The lowest BCUT2D eigenvalue weighted by Gasteiger charge is -2.12. The van der Waals surface area contributed by atoms with Gasteiger partial charge in [0, 0.05) is 11.8 Å². The average molecular weight is 365 g/mol. The summed E-state index contributed by atoms with van der Waals surface area (Å²) in [4.78, 5) is 8.89. The van der Waals surface area contributed by atoms with Crippen LogP contribution in [0, 0.1) is 5.82 Å². The number of hydrogen-bond acceptors (Lipinski definition) is 6. The predicted molar refractivity (Wildman–Crippen MR) is 99.9 cm³/mol. The average Bonchev–Trinajstić information content (AvgIpc) is 3.17. The van der Waals surface area contributed by atoms with Gasteiger partial charge in [-0.3, -0.25) is 5.10 Å². The number of benzene rings is 2. The molecule has 0 fully saturated rings. The molecule has 0 unspecified atom stereocenters. The van der Waals surface area contributed by atoms with Crippen molar-refractivity contribution in [2.45, 2.75) is 0 Å². The van der Waals surface area contributed by atoms with E-state index in [0.29, 0.717) is 33.9 Å². The molecule has 0 radical (unpaired) electrons. The molecule has 0 aliphatic rings. The number of H-pyrrole nitrogens is 1. The van der Waals surface area contributed by atoms with E-state index < -0.39 is 5.82 Å². The number of nitrogens with zero attached hydrogens (tertiary/aromatic N) is 3. The molecule has 136 valence electrons. The van der Waals surface area contributed by atoms with Gasteiger partial charge in [-0.25, -0.2) is 14.4 Å². The lowest BCUT2D eigenvalue weighted by Crippen LogP contribution is -2.00. The van der Waals surface area contributed by atoms with Crippen LogP contribution < -0.4 is 14.8 Å². The Bertz CT molecular complexity index is 1110. The van der Waals surface area contributed by atoms with E-state index in [-0.39, 0.29) is 5.82 Å². The first kappa shape index (κ1) is 16.8. The molecule has 4 aromatic rings. The second-order valence-corrected chi connectivity index (χ2v) is 5.70. The first-order valence-corrected chi connectivity index (χ1v) is 8.14. The Morgan fingerprint density at radius 2 is 1.81 bits per heavy atom. The van der Waals surface area contributed by atoms with E-state index in [1.165, 1.54) is 6.07 Å². The molecule has 2 heterocycles. The van der Waals surface area contributed by atoms with Crippen LogP contribution in [-0.2, 0) is 0 Å². The van der Waals surface area contributed by atoms with E-state index >= 15 is 0 Å². The molecular formula is C19H16FN5O2. The Morgan fingerprint density at radius 3 is 2.59 bits per heavy atom. The highest BCUT2D eigenvalue weighted by Gasteiger charge is 2.14. The normalized spacial score (nSPS) is 10.8. The Balaban J connectivity index is 1.80. The first-order chi connectivity index (χ1) is 13.2. The van der Waals surface area contributed by atoms with Gasteiger partial charge < -0.3 is 14.8 Å². The topological polar surface area (TPSA) is 85.0 Å². The summed E-state index contributed by atoms with van der Waals surface area (Å²) in [7, 11) is 3.14. The van der Waals surface area contributed by atoms with Gasteiger partial charge in [-0.1, -0.05) is 12.1 Å². The summed E-state index contributed by atoms with van der Waals surface area (Å²) in [6.45, 7) is 0. The Labute approximate surface area is 154 Å². The quantitative estimate of drug-likeness (QED) is 0.558. The number of rotatable bonds is 5. The maximum Gasteiger partial charge on any atom is 0.165 e. The minimum absolute atomic E-state index is 0.268. The Kier molecular flexibility index (Phi) is 4.29. The number of hydrogen-bond donors (Lipinski definition) is 2. The number of aromatic nitrogens is 4. The van der Waals surface area contributed by atoms with Crippen LogP contribution in [-0.4, -0.2) is 34.4 Å². The van der Waals surface area contributed by atoms with Gasteiger partial charge in [0.25, 0.3) is 0 Å². The number of ether oxygens (including phenoxy) is 2. The van der Waals surface area contributed by atoms with Gasteiger partial charge in [-0.05, 0) is 24.3 Å². The monoisotopic (exact) mass is 365 g/mol. The number of halogens is 1. The fourth-order valence-electron chi connectivity index (χ4n) is 2.74. The van der Waals surface area contributed by atoms with Gasteiger partial charge in [0.15, 0.2) is 23.1 Å². The van der Waals surface area contributed by atoms with Crippen molar-refractivity contribution in [3.8, 4) is 22.9 Å². The van der Waals surface area contributed by atoms with Gasteiger partial charge >= 0.3 is 0 Å². The van der Waals surface area contributed by atoms with Crippen LogP contribution in [0.3, 0.4) is 0 Å². The Hall–Kier alpha value is -3.68. The number of fused-ring (bicyclic) bond motifs is 1. The fraction of sp³-hybridized carbons (Fsp3) is 0.105. The summed E-state index contributed by atoms with van der Waals surface area (Å²) in [5, 5.41) is 10.1. The third-order valence-electron chi connectivity index (χ3n) is 4.06. The van der Waals surface area contributed by atoms with E-state index in [1.54, 1.807) is 50.7 Å². The van der Waals surface area contributed by atoms with E-state index in [9.17, 15) is 4.39 Å². The second-order valence-electron chi connectivity index (χ2n) is 5.70. The van der Waals surface area contributed by atoms with E-state index in [1.807, 2.05) is 6.07 Å². The predicted octanol–water partition coefficient (Wildman–Crippen LogP) is 3.92. The van der Waals surface area contributed by atoms with Crippen molar-refractivity contribution >= 4 is 22.5 Å². The summed E-state index contributed by atoms with van der Waals surface area (Å²) in [5.41, 5.74) is 2.23. The van der Waals surface area contributed by atoms with E-state index in [0.717, 1.165) is 5.69 Å². The van der Waals surface area contributed by atoms with Crippen molar-refractivity contribution in [3.05, 3.63) is 54.5 Å². The van der Waals surface area contributed by atoms with Gasteiger partial charge in [0.1, 0.15) is 16.9 Å². The standard InChI is InChI=1S/C19H16FN5O2/c1-26-15-8-7-11(9-16(15)27-2)22-19-17-14(10-21-25-17)23-18(24-19)12-5-3-4-6-13(12)20/h3-10H,1-2H3,(H,21,25)(H,22,23,24). The highest BCUT2D eigenvalue weighted by Crippen LogP contribution is 2.32. The highest BCUT2D eigenvalue weighted by molar-refractivity contribution is 5.88. The molecule has 0 saturated carbocycles. The zero-order valence-corrected chi connectivity index (χ0v) is 14.7. The van der Waals surface area contributed by atoms with Crippen LogP contribution in [0.1, 0.15) is 0 Å². The van der Waals surface area contributed by atoms with Crippen molar-refractivity contribution in [1.29, 1.82) is 0 Å². The number of nitrogens with one attached hydrogen (secondary N) is 2. The third kappa shape index (κ3) is 3.12. The molecule has 8 heteroatoms. The first-order valence-electron chi connectivity index (χ1n) is 8.14. The minimum Gasteiger partial charge on any atom is -0.493 e. The molecule has 27 heavy (non-hydrogen) atoms. The van der Waals surface area contributed by atoms with Crippen LogP contribution in [0.2, 0.25) is 0 Å². The molecule has 0 spiro atoms. The fourth-order valence-corrected chi connectivity index (χ4v) is 2.74. The van der Waals surface area contributed by atoms with Crippen molar-refractivity contribution < 1.29 is 13.9 Å². The summed E-state index contributed by atoms with van der Waals surface area (Å²) in [6, 6.07) is 11.8. The molecule has 0 aliphatic heterocycles. The molecule has 7 nitrogen and oxygen atoms in total. The molecule has 2 aromatic carbocycles. The van der Waals surface area contributed by atoms with Crippen LogP contribution in [0.5, 0.6) is 11.5 Å². The zero-order valence-electron chi connectivity index (χ0n) is 14.7. The van der Waals surface area contributed by atoms with Crippen molar-refractivity contribution in [1.82, 2.24) is 20.2 Å². The van der Waals surface area contributed by atoms with Crippen LogP contribution in [0.15, 0.2) is 48.7 Å². The van der Waals surface area contributed by atoms with Crippen LogP contribution in [0.4, 0.5) is 15.9 Å². The number of methoxy groups -OCH3 is 2. The summed E-state index contributed by atoms with van der Waals surface area (Å²) >= 11 is 0. The summed E-state index contributed by atoms with van der Waals surface area (Å²) < 4.78 is 24.8. The van der Waals surface area contributed by atoms with E-state index in [2.05, 4.69) is 25.5 Å². The lowest BCUT2D eigenvalue weighted by atomic mass is 10.2. The highest BCUT2D eigenvalue weighted by atomic mass is 19.1. The number of aromatic amines is 1. The zero-order chi connectivity index (χ0) is 18.8. The third-order valence-corrected chi connectivity index (χ3v) is 4.06. The molecule has 0 atom stereocenters. The maximum atomic E-state index is 14.2. The van der Waals surface area contributed by atoms with Crippen molar-refractivity contribution in [3.63, 3.8) is 0 Å². The van der Waals surface area contributed by atoms with Crippen molar-refractivity contribution in [2.75, 3.05) is 19.5 Å². The molecular weight excluding hydrogens is 349 g/mol. The van der Waals surface area contributed by atoms with Crippen LogP contribution >= 0.6 is 0 Å². The lowest BCUT2D eigenvalue weighted by molar-refractivity contribution is 0.355. The van der Waals surface area contributed by atoms with Gasteiger partial charge in [-0.2, -0.15) is 5.10 Å². The molecule has 0 amide bonds. The maximum absolute atomic E-state index is 14.2. The van der Waals surface area contributed by atoms with E-state index in [4.69, 9.17) is 9.47 Å². The SMILES string of the molecule is COc1ccc(Nc2nc(-c3ccccc3F)nc3cn[nH]c23)cc1OC. The number of anilines is 2. The largest absolute Gasteiger partial charge is 0.493 e. The summed E-state index contributed by atoms with van der Waals surface area (Å²) in [6.07, 6.45) is 1.57. The second kappa shape index (κ2) is 6.91. The Morgan fingerprint density at radius 1 is 1.00 bits per heavy atom. The minimum atomic E-state index is -0.391. The molecule has 4 rings (SSSR count). The van der Waals surface area contributed by atoms with Gasteiger partial charge in [-0.15, -0.1) is 0 Å².